The number of carbonyl (C=O) groups excluding carboxylic acids is 1. The third-order valence-electron chi connectivity index (χ3n) is 6.65. The summed E-state index contributed by atoms with van der Waals surface area (Å²) in [6.07, 6.45) is 1.58. The first-order chi connectivity index (χ1) is 13.1. The third-order valence-corrected chi connectivity index (χ3v) is 9.11. The molecule has 1 aliphatic heterocycles. The molecular weight excluding hydrogens is 392 g/mol. The first-order valence-electron chi connectivity index (χ1n) is 9.55. The van der Waals surface area contributed by atoms with Crippen LogP contribution in [0.5, 0.6) is 11.5 Å². The summed E-state index contributed by atoms with van der Waals surface area (Å²) in [7, 11) is -3.62. The quantitative estimate of drug-likeness (QED) is 0.819. The van der Waals surface area contributed by atoms with Gasteiger partial charge in [0.05, 0.1) is 4.75 Å². The molecular formula is C19H21F2NO5S. The number of hydrogen-bond donors (Lipinski definition) is 1. The average molecular weight is 413 g/mol. The minimum Gasteiger partial charge on any atom is -0.395 e. The van der Waals surface area contributed by atoms with Crippen molar-refractivity contribution in [3.63, 3.8) is 0 Å². The summed E-state index contributed by atoms with van der Waals surface area (Å²) in [5, 5.41) is 2.49. The zero-order chi connectivity index (χ0) is 19.7. The summed E-state index contributed by atoms with van der Waals surface area (Å²) in [5.41, 5.74) is 0.186. The Labute approximate surface area is 161 Å². The van der Waals surface area contributed by atoms with E-state index in [9.17, 15) is 22.0 Å². The molecule has 1 amide bonds. The molecule has 1 aromatic carbocycles. The number of fused-ring (bicyclic) bond motifs is 1. The highest BCUT2D eigenvalue weighted by Gasteiger charge is 2.57. The van der Waals surface area contributed by atoms with Crippen molar-refractivity contribution in [2.45, 2.75) is 49.6 Å². The molecule has 5 aliphatic rings. The van der Waals surface area contributed by atoms with E-state index >= 15 is 0 Å². The lowest BCUT2D eigenvalue weighted by Gasteiger charge is -2.55. The van der Waals surface area contributed by atoms with E-state index in [1.54, 1.807) is 0 Å². The Morgan fingerprint density at radius 3 is 2.21 bits per heavy atom. The van der Waals surface area contributed by atoms with Crippen LogP contribution in [-0.4, -0.2) is 31.1 Å². The van der Waals surface area contributed by atoms with Gasteiger partial charge in [0.25, 0.3) is 0 Å². The highest BCUT2D eigenvalue weighted by molar-refractivity contribution is 7.93. The molecule has 6 nitrogen and oxygen atoms in total. The first-order valence-corrected chi connectivity index (χ1v) is 11.2. The van der Waals surface area contributed by atoms with E-state index in [-0.39, 0.29) is 17.2 Å². The molecule has 0 spiro atoms. The summed E-state index contributed by atoms with van der Waals surface area (Å²) in [4.78, 5) is 12.4. The van der Waals surface area contributed by atoms with Gasteiger partial charge in [-0.1, -0.05) is 0 Å². The topological polar surface area (TPSA) is 81.7 Å². The Balaban J connectivity index is 1.30. The van der Waals surface area contributed by atoms with Gasteiger partial charge in [-0.2, -0.15) is 0 Å². The largest absolute Gasteiger partial charge is 0.586 e. The molecule has 28 heavy (non-hydrogen) atoms. The summed E-state index contributed by atoms with van der Waals surface area (Å²) in [6, 6.07) is 3.82. The highest BCUT2D eigenvalue weighted by Crippen LogP contribution is 2.58. The van der Waals surface area contributed by atoms with Gasteiger partial charge in [0, 0.05) is 11.8 Å². The van der Waals surface area contributed by atoms with E-state index in [4.69, 9.17) is 0 Å². The van der Waals surface area contributed by atoms with Gasteiger partial charge >= 0.3 is 6.29 Å². The lowest BCUT2D eigenvalue weighted by Crippen LogP contribution is -2.56. The Kier molecular flexibility index (Phi) is 3.76. The summed E-state index contributed by atoms with van der Waals surface area (Å²) >= 11 is 0. The molecule has 0 radical (unpaired) electrons. The number of rotatable bonds is 4. The fraction of sp³-hybridized carbons (Fsp3) is 0.632. The maximum atomic E-state index is 13.2. The van der Waals surface area contributed by atoms with Crippen LogP contribution in [0.15, 0.2) is 18.2 Å². The molecule has 4 fully saturated rings. The molecule has 9 heteroatoms. The van der Waals surface area contributed by atoms with Crippen molar-refractivity contribution < 1.29 is 31.5 Å². The van der Waals surface area contributed by atoms with Gasteiger partial charge in [0.15, 0.2) is 21.3 Å². The molecule has 4 aliphatic carbocycles. The lowest BCUT2D eigenvalue weighted by atomic mass is 9.56. The smallest absolute Gasteiger partial charge is 0.395 e. The second kappa shape index (κ2) is 5.81. The zero-order valence-corrected chi connectivity index (χ0v) is 15.9. The molecule has 1 heterocycles. The van der Waals surface area contributed by atoms with Gasteiger partial charge in [-0.15, -0.1) is 8.78 Å². The molecule has 4 saturated carbocycles. The number of halogens is 2. The van der Waals surface area contributed by atoms with Gasteiger partial charge in [0.1, 0.15) is 5.75 Å². The fourth-order valence-electron chi connectivity index (χ4n) is 5.96. The van der Waals surface area contributed by atoms with Crippen molar-refractivity contribution >= 4 is 21.4 Å². The molecule has 4 bridgehead atoms. The lowest BCUT2D eigenvalue weighted by molar-refractivity contribution is -0.286. The number of alkyl halides is 2. The van der Waals surface area contributed by atoms with Crippen molar-refractivity contribution in [3.05, 3.63) is 18.2 Å². The third kappa shape index (κ3) is 2.94. The highest BCUT2D eigenvalue weighted by atomic mass is 32.2. The van der Waals surface area contributed by atoms with Crippen LogP contribution in [-0.2, 0) is 14.6 Å². The molecule has 0 aromatic heterocycles. The molecule has 1 N–H and O–H groups in total. The monoisotopic (exact) mass is 413 g/mol. The van der Waals surface area contributed by atoms with Crippen LogP contribution in [0, 0.1) is 17.8 Å². The molecule has 0 saturated heterocycles. The Morgan fingerprint density at radius 2 is 1.61 bits per heavy atom. The Bertz CT molecular complexity index is 910. The Morgan fingerprint density at radius 1 is 1.04 bits per heavy atom. The van der Waals surface area contributed by atoms with E-state index in [1.807, 2.05) is 0 Å². The number of sulfone groups is 1. The molecule has 152 valence electrons. The standard InChI is InChI=1S/C19H21F2NO5S/c20-19(21)26-15-2-1-14(6-16(15)27-19)22-17(23)10-28(24,25)18-7-11-3-12(8-18)5-13(4-11)9-18/h1-2,6,11-13H,3-5,7-10H2,(H,22,23). The van der Waals surface area contributed by atoms with Crippen molar-refractivity contribution in [1.82, 2.24) is 0 Å². The van der Waals surface area contributed by atoms with Crippen LogP contribution < -0.4 is 14.8 Å². The average Bonchev–Trinajstić information content (AvgIpc) is 2.86. The maximum Gasteiger partial charge on any atom is 0.586 e. The second-order valence-electron chi connectivity index (χ2n) is 8.74. The van der Waals surface area contributed by atoms with E-state index in [0.717, 1.165) is 19.3 Å². The summed E-state index contributed by atoms with van der Waals surface area (Å²) < 4.78 is 60.4. The van der Waals surface area contributed by atoms with Crippen LogP contribution in [0.3, 0.4) is 0 Å². The van der Waals surface area contributed by atoms with Crippen LogP contribution in [0.4, 0.5) is 14.5 Å². The molecule has 6 rings (SSSR count). The maximum absolute atomic E-state index is 13.2. The summed E-state index contributed by atoms with van der Waals surface area (Å²) in [6.45, 7) is 0. The van der Waals surface area contributed by atoms with E-state index in [2.05, 4.69) is 14.8 Å². The Hall–Kier alpha value is -1.90. The SMILES string of the molecule is O=C(CS(=O)(=O)C12CC3CC(CC(C3)C1)C2)Nc1ccc2c(c1)OC(F)(F)O2. The van der Waals surface area contributed by atoms with Crippen molar-refractivity contribution in [2.24, 2.45) is 17.8 Å². The molecule has 1 aromatic rings. The van der Waals surface area contributed by atoms with Crippen molar-refractivity contribution in [1.29, 1.82) is 0 Å². The van der Waals surface area contributed by atoms with Crippen LogP contribution >= 0.6 is 0 Å². The van der Waals surface area contributed by atoms with Gasteiger partial charge in [-0.25, -0.2) is 8.42 Å². The van der Waals surface area contributed by atoms with E-state index in [1.165, 1.54) is 18.2 Å². The number of carbonyl (C=O) groups is 1. The van der Waals surface area contributed by atoms with E-state index in [0.29, 0.717) is 37.0 Å². The number of benzene rings is 1. The molecule has 0 atom stereocenters. The van der Waals surface area contributed by atoms with Crippen molar-refractivity contribution in [2.75, 3.05) is 11.1 Å². The zero-order valence-electron chi connectivity index (χ0n) is 15.1. The predicted octanol–water partition coefficient (Wildman–Crippen LogP) is 3.33. The number of amides is 1. The first kappa shape index (κ1) is 18.1. The van der Waals surface area contributed by atoms with Gasteiger partial charge < -0.3 is 14.8 Å². The van der Waals surface area contributed by atoms with Gasteiger partial charge in [-0.05, 0) is 68.4 Å². The number of nitrogens with one attached hydrogen (secondary N) is 1. The van der Waals surface area contributed by atoms with Crippen LogP contribution in [0.1, 0.15) is 38.5 Å². The number of ether oxygens (including phenoxy) is 2. The fourth-order valence-corrected chi connectivity index (χ4v) is 8.15. The minimum atomic E-state index is -3.74. The van der Waals surface area contributed by atoms with Crippen LogP contribution in [0.25, 0.3) is 0 Å². The second-order valence-corrected chi connectivity index (χ2v) is 11.1. The summed E-state index contributed by atoms with van der Waals surface area (Å²) in [5.74, 6) is -0.222. The van der Waals surface area contributed by atoms with E-state index < -0.39 is 32.5 Å². The predicted molar refractivity (Wildman–Crippen MR) is 96.0 cm³/mol. The van der Waals surface area contributed by atoms with Gasteiger partial charge in [-0.3, -0.25) is 4.79 Å². The normalized spacial score (nSPS) is 34.4. The molecule has 0 unspecified atom stereocenters. The minimum absolute atomic E-state index is 0.135. The number of anilines is 1. The van der Waals surface area contributed by atoms with Crippen LogP contribution in [0.2, 0.25) is 0 Å². The number of hydrogen-bond acceptors (Lipinski definition) is 5. The van der Waals surface area contributed by atoms with Crippen molar-refractivity contribution in [3.8, 4) is 11.5 Å². The van der Waals surface area contributed by atoms with Gasteiger partial charge in [0.2, 0.25) is 5.91 Å².